The van der Waals surface area contributed by atoms with Gasteiger partial charge in [0.2, 0.25) is 0 Å². The molecule has 0 aliphatic rings. The van der Waals surface area contributed by atoms with Gasteiger partial charge < -0.3 is 5.32 Å². The lowest BCUT2D eigenvalue weighted by atomic mass is 9.98. The van der Waals surface area contributed by atoms with Crippen molar-refractivity contribution in [3.63, 3.8) is 0 Å². The van der Waals surface area contributed by atoms with Crippen LogP contribution in [0.2, 0.25) is 0 Å². The van der Waals surface area contributed by atoms with Crippen LogP contribution in [0.5, 0.6) is 0 Å². The molecule has 17 heavy (non-hydrogen) atoms. The van der Waals surface area contributed by atoms with Gasteiger partial charge in [-0.25, -0.2) is 0 Å². The molecule has 0 heterocycles. The molecule has 1 N–H and O–H groups in total. The smallest absolute Gasteiger partial charge is 0.0329 e. The fraction of sp³-hybridized carbons (Fsp3) is 0.500. The molecule has 0 radical (unpaired) electrons. The van der Waals surface area contributed by atoms with Crippen molar-refractivity contribution in [2.45, 2.75) is 46.1 Å². The molecule has 92 valence electrons. The molecule has 0 saturated carbocycles. The molecular weight excluding hydrogens is 206 g/mol. The van der Waals surface area contributed by atoms with Crippen molar-refractivity contribution in [2.24, 2.45) is 0 Å². The van der Waals surface area contributed by atoms with E-state index in [1.165, 1.54) is 16.7 Å². The highest BCUT2D eigenvalue weighted by atomic mass is 14.9. The Bertz CT molecular complexity index is 387. The summed E-state index contributed by atoms with van der Waals surface area (Å²) in [5.41, 5.74) is 4.06. The third kappa shape index (κ3) is 4.24. The lowest BCUT2D eigenvalue weighted by Gasteiger charge is -2.19. The van der Waals surface area contributed by atoms with E-state index in [1.54, 1.807) is 0 Å². The Morgan fingerprint density at radius 1 is 1.29 bits per heavy atom. The van der Waals surface area contributed by atoms with E-state index in [0.29, 0.717) is 6.04 Å². The van der Waals surface area contributed by atoms with Crippen LogP contribution in [0.15, 0.2) is 18.2 Å². The van der Waals surface area contributed by atoms with E-state index in [0.717, 1.165) is 25.8 Å². The van der Waals surface area contributed by atoms with Crippen LogP contribution in [0.1, 0.15) is 48.9 Å². The number of aryl methyl sites for hydroxylation is 2. The zero-order valence-electron chi connectivity index (χ0n) is 11.2. The summed E-state index contributed by atoms with van der Waals surface area (Å²) in [5.74, 6) is 2.73. The van der Waals surface area contributed by atoms with Gasteiger partial charge in [-0.3, -0.25) is 0 Å². The molecule has 1 nitrogen and oxygen atoms in total. The second kappa shape index (κ2) is 7.14. The first-order chi connectivity index (χ1) is 8.19. The number of nitrogens with one attached hydrogen (secondary N) is 1. The summed E-state index contributed by atoms with van der Waals surface area (Å²) >= 11 is 0. The Hall–Kier alpha value is -1.26. The maximum atomic E-state index is 5.36. The lowest BCUT2D eigenvalue weighted by Crippen LogP contribution is -2.22. The number of rotatable bonds is 6. The SMILES string of the molecule is C#CCCC(NCCC)c1ccc(C)c(C)c1. The number of hydrogen-bond acceptors (Lipinski definition) is 1. The second-order valence-corrected chi connectivity index (χ2v) is 4.59. The summed E-state index contributed by atoms with van der Waals surface area (Å²) in [7, 11) is 0. The Morgan fingerprint density at radius 2 is 2.06 bits per heavy atom. The van der Waals surface area contributed by atoms with E-state index in [1.807, 2.05) is 0 Å². The van der Waals surface area contributed by atoms with Crippen LogP contribution in [0.25, 0.3) is 0 Å². The van der Waals surface area contributed by atoms with Gasteiger partial charge in [0.25, 0.3) is 0 Å². The van der Waals surface area contributed by atoms with E-state index < -0.39 is 0 Å². The fourth-order valence-corrected chi connectivity index (χ4v) is 1.91. The van der Waals surface area contributed by atoms with Gasteiger partial charge in [-0.1, -0.05) is 25.1 Å². The van der Waals surface area contributed by atoms with Gasteiger partial charge in [-0.15, -0.1) is 12.3 Å². The number of benzene rings is 1. The van der Waals surface area contributed by atoms with Gasteiger partial charge >= 0.3 is 0 Å². The molecule has 1 aromatic rings. The molecule has 1 atom stereocenters. The lowest BCUT2D eigenvalue weighted by molar-refractivity contribution is 0.505. The van der Waals surface area contributed by atoms with Crippen LogP contribution in [0.3, 0.4) is 0 Å². The van der Waals surface area contributed by atoms with Crippen molar-refractivity contribution >= 4 is 0 Å². The molecule has 0 saturated heterocycles. The molecule has 0 spiro atoms. The maximum absolute atomic E-state index is 5.36. The fourth-order valence-electron chi connectivity index (χ4n) is 1.91. The zero-order valence-corrected chi connectivity index (χ0v) is 11.2. The molecule has 1 aromatic carbocycles. The van der Waals surface area contributed by atoms with Crippen molar-refractivity contribution in [2.75, 3.05) is 6.54 Å². The van der Waals surface area contributed by atoms with Crippen LogP contribution in [-0.4, -0.2) is 6.54 Å². The average molecular weight is 229 g/mol. The first-order valence-electron chi connectivity index (χ1n) is 6.43. The normalized spacial score (nSPS) is 12.1. The van der Waals surface area contributed by atoms with E-state index in [4.69, 9.17) is 6.42 Å². The third-order valence-electron chi connectivity index (χ3n) is 3.15. The van der Waals surface area contributed by atoms with Crippen molar-refractivity contribution in [3.05, 3.63) is 34.9 Å². The van der Waals surface area contributed by atoms with Crippen molar-refractivity contribution < 1.29 is 0 Å². The first-order valence-corrected chi connectivity index (χ1v) is 6.43. The minimum absolute atomic E-state index is 0.394. The second-order valence-electron chi connectivity index (χ2n) is 4.59. The van der Waals surface area contributed by atoms with E-state index in [-0.39, 0.29) is 0 Å². The predicted molar refractivity (Wildman–Crippen MR) is 75.0 cm³/mol. The van der Waals surface area contributed by atoms with Gasteiger partial charge in [0, 0.05) is 12.5 Å². The highest BCUT2D eigenvalue weighted by molar-refractivity contribution is 5.31. The van der Waals surface area contributed by atoms with Gasteiger partial charge in [0.15, 0.2) is 0 Å². The van der Waals surface area contributed by atoms with Crippen LogP contribution >= 0.6 is 0 Å². The molecule has 0 bridgehead atoms. The van der Waals surface area contributed by atoms with E-state index in [9.17, 15) is 0 Å². The van der Waals surface area contributed by atoms with Crippen LogP contribution in [0, 0.1) is 26.2 Å². The molecule has 1 heteroatoms. The molecule has 0 aromatic heterocycles. The largest absolute Gasteiger partial charge is 0.310 e. The highest BCUT2D eigenvalue weighted by Gasteiger charge is 2.10. The van der Waals surface area contributed by atoms with Crippen LogP contribution in [-0.2, 0) is 0 Å². The van der Waals surface area contributed by atoms with Gasteiger partial charge in [-0.2, -0.15) is 0 Å². The minimum atomic E-state index is 0.394. The third-order valence-corrected chi connectivity index (χ3v) is 3.15. The molecule has 1 rings (SSSR count). The predicted octanol–water partition coefficient (Wildman–Crippen LogP) is 3.76. The Labute approximate surface area is 106 Å². The van der Waals surface area contributed by atoms with Crippen molar-refractivity contribution in [1.29, 1.82) is 0 Å². The summed E-state index contributed by atoms with van der Waals surface area (Å²) in [4.78, 5) is 0. The van der Waals surface area contributed by atoms with Crippen LogP contribution < -0.4 is 5.32 Å². The summed E-state index contributed by atoms with van der Waals surface area (Å²) in [6, 6.07) is 7.08. The highest BCUT2D eigenvalue weighted by Crippen LogP contribution is 2.21. The number of terminal acetylenes is 1. The monoisotopic (exact) mass is 229 g/mol. The standard InChI is InChI=1S/C16H23N/c1-5-7-8-16(17-11-6-2)15-10-9-13(3)14(4)12-15/h1,9-10,12,16-17H,6-8,11H2,2-4H3. The summed E-state index contributed by atoms with van der Waals surface area (Å²) in [5, 5.41) is 3.57. The molecule has 1 unspecified atom stereocenters. The molecule has 0 aliphatic heterocycles. The molecule has 0 aliphatic carbocycles. The summed E-state index contributed by atoms with van der Waals surface area (Å²) in [6.07, 6.45) is 8.35. The molecule has 0 fully saturated rings. The van der Waals surface area contributed by atoms with Crippen molar-refractivity contribution in [3.8, 4) is 12.3 Å². The van der Waals surface area contributed by atoms with E-state index in [2.05, 4.69) is 50.2 Å². The number of hydrogen-bond donors (Lipinski definition) is 1. The van der Waals surface area contributed by atoms with Gasteiger partial charge in [0.05, 0.1) is 0 Å². The summed E-state index contributed by atoms with van der Waals surface area (Å²) in [6.45, 7) is 7.54. The Kier molecular flexibility index (Phi) is 5.80. The summed E-state index contributed by atoms with van der Waals surface area (Å²) < 4.78 is 0. The Morgan fingerprint density at radius 3 is 2.65 bits per heavy atom. The quantitative estimate of drug-likeness (QED) is 0.732. The van der Waals surface area contributed by atoms with E-state index >= 15 is 0 Å². The average Bonchev–Trinajstić information content (AvgIpc) is 2.33. The maximum Gasteiger partial charge on any atom is 0.0329 e. The zero-order chi connectivity index (χ0) is 12.7. The minimum Gasteiger partial charge on any atom is -0.310 e. The Balaban J connectivity index is 2.80. The van der Waals surface area contributed by atoms with Gasteiger partial charge in [-0.05, 0) is 49.9 Å². The molecular formula is C16H23N. The first kappa shape index (κ1) is 13.8. The van der Waals surface area contributed by atoms with Gasteiger partial charge in [0.1, 0.15) is 0 Å². The topological polar surface area (TPSA) is 12.0 Å². The van der Waals surface area contributed by atoms with Crippen molar-refractivity contribution in [1.82, 2.24) is 5.32 Å². The molecule has 0 amide bonds. The van der Waals surface area contributed by atoms with Crippen LogP contribution in [0.4, 0.5) is 0 Å².